The van der Waals surface area contributed by atoms with Crippen molar-refractivity contribution in [3.05, 3.63) is 65.0 Å². The van der Waals surface area contributed by atoms with E-state index in [9.17, 15) is 9.18 Å². The highest BCUT2D eigenvalue weighted by Crippen LogP contribution is 2.16. The van der Waals surface area contributed by atoms with E-state index in [0.29, 0.717) is 22.4 Å². The van der Waals surface area contributed by atoms with Crippen LogP contribution in [-0.4, -0.2) is 5.78 Å². The first kappa shape index (κ1) is 11.3. The van der Waals surface area contributed by atoms with Crippen LogP contribution in [0.3, 0.4) is 0 Å². The number of nitrogens with two attached hydrogens (primary N) is 1. The molecule has 0 unspecified atom stereocenters. The molecule has 0 heterocycles. The van der Waals surface area contributed by atoms with Crippen molar-refractivity contribution in [1.82, 2.24) is 0 Å². The summed E-state index contributed by atoms with van der Waals surface area (Å²) in [5.41, 5.74) is 7.80. The van der Waals surface area contributed by atoms with Gasteiger partial charge in [0.15, 0.2) is 5.78 Å². The van der Waals surface area contributed by atoms with Crippen LogP contribution in [0.4, 0.5) is 10.1 Å². The predicted octanol–water partition coefficient (Wildman–Crippen LogP) is 2.95. The maximum Gasteiger partial charge on any atom is 0.193 e. The number of rotatable bonds is 2. The molecule has 17 heavy (non-hydrogen) atoms. The van der Waals surface area contributed by atoms with E-state index in [1.165, 1.54) is 18.2 Å². The average Bonchev–Trinajstić information content (AvgIpc) is 2.28. The van der Waals surface area contributed by atoms with Crippen molar-refractivity contribution in [3.8, 4) is 0 Å². The smallest absolute Gasteiger partial charge is 0.193 e. The quantitative estimate of drug-likeness (QED) is 0.635. The van der Waals surface area contributed by atoms with Crippen molar-refractivity contribution in [2.24, 2.45) is 0 Å². The fraction of sp³-hybridized carbons (Fsp3) is 0.0714. The highest BCUT2D eigenvalue weighted by molar-refractivity contribution is 6.10. The second-order valence-electron chi connectivity index (χ2n) is 3.91. The van der Waals surface area contributed by atoms with Crippen LogP contribution in [0, 0.1) is 12.7 Å². The van der Waals surface area contributed by atoms with Gasteiger partial charge in [0.1, 0.15) is 5.82 Å². The van der Waals surface area contributed by atoms with E-state index in [2.05, 4.69) is 0 Å². The number of ketones is 1. The average molecular weight is 229 g/mol. The SMILES string of the molecule is Cc1cc(F)ccc1C(=O)c1cccc(N)c1. The van der Waals surface area contributed by atoms with Crippen LogP contribution in [0.15, 0.2) is 42.5 Å². The predicted molar refractivity (Wildman–Crippen MR) is 65.4 cm³/mol. The second kappa shape index (κ2) is 4.37. The lowest BCUT2D eigenvalue weighted by molar-refractivity contribution is 0.103. The topological polar surface area (TPSA) is 43.1 Å². The Bertz CT molecular complexity index is 578. The van der Waals surface area contributed by atoms with Crippen LogP contribution in [0.2, 0.25) is 0 Å². The molecular weight excluding hydrogens is 217 g/mol. The highest BCUT2D eigenvalue weighted by Gasteiger charge is 2.12. The van der Waals surface area contributed by atoms with Gasteiger partial charge in [-0.05, 0) is 42.8 Å². The summed E-state index contributed by atoms with van der Waals surface area (Å²) in [6.07, 6.45) is 0. The third kappa shape index (κ3) is 2.33. The van der Waals surface area contributed by atoms with Gasteiger partial charge in [-0.1, -0.05) is 12.1 Å². The zero-order chi connectivity index (χ0) is 12.4. The lowest BCUT2D eigenvalue weighted by Gasteiger charge is -2.05. The molecule has 0 spiro atoms. The Morgan fingerprint density at radius 2 is 1.94 bits per heavy atom. The van der Waals surface area contributed by atoms with E-state index in [1.54, 1.807) is 31.2 Å². The number of benzene rings is 2. The zero-order valence-electron chi connectivity index (χ0n) is 9.41. The van der Waals surface area contributed by atoms with Gasteiger partial charge in [0.25, 0.3) is 0 Å². The number of anilines is 1. The fourth-order valence-electron chi connectivity index (χ4n) is 1.72. The summed E-state index contributed by atoms with van der Waals surface area (Å²) in [6, 6.07) is 10.9. The Balaban J connectivity index is 2.44. The number of halogens is 1. The van der Waals surface area contributed by atoms with Crippen molar-refractivity contribution in [1.29, 1.82) is 0 Å². The van der Waals surface area contributed by atoms with Crippen LogP contribution in [0.25, 0.3) is 0 Å². The third-order valence-corrected chi connectivity index (χ3v) is 2.58. The molecule has 0 saturated carbocycles. The number of hydrogen-bond acceptors (Lipinski definition) is 2. The van der Waals surface area contributed by atoms with Gasteiger partial charge in [-0.2, -0.15) is 0 Å². The second-order valence-corrected chi connectivity index (χ2v) is 3.91. The minimum Gasteiger partial charge on any atom is -0.399 e. The van der Waals surface area contributed by atoms with Crippen molar-refractivity contribution < 1.29 is 9.18 Å². The number of aryl methyl sites for hydroxylation is 1. The van der Waals surface area contributed by atoms with Crippen molar-refractivity contribution in [3.63, 3.8) is 0 Å². The van der Waals surface area contributed by atoms with Crippen molar-refractivity contribution >= 4 is 11.5 Å². The third-order valence-electron chi connectivity index (χ3n) is 2.58. The van der Waals surface area contributed by atoms with Gasteiger partial charge in [-0.25, -0.2) is 4.39 Å². The molecule has 0 amide bonds. The fourth-order valence-corrected chi connectivity index (χ4v) is 1.72. The van der Waals surface area contributed by atoms with Crippen LogP contribution in [0.1, 0.15) is 21.5 Å². The van der Waals surface area contributed by atoms with Gasteiger partial charge in [0, 0.05) is 16.8 Å². The molecule has 0 atom stereocenters. The van der Waals surface area contributed by atoms with Gasteiger partial charge < -0.3 is 5.73 Å². The lowest BCUT2D eigenvalue weighted by atomic mass is 9.99. The summed E-state index contributed by atoms with van der Waals surface area (Å²) in [4.78, 5) is 12.2. The highest BCUT2D eigenvalue weighted by atomic mass is 19.1. The first-order valence-corrected chi connectivity index (χ1v) is 5.24. The monoisotopic (exact) mass is 229 g/mol. The summed E-state index contributed by atoms with van der Waals surface area (Å²) in [5, 5.41) is 0. The molecule has 0 saturated heterocycles. The molecule has 86 valence electrons. The maximum absolute atomic E-state index is 12.9. The molecule has 0 bridgehead atoms. The van der Waals surface area contributed by atoms with E-state index in [-0.39, 0.29) is 11.6 Å². The minimum absolute atomic E-state index is 0.144. The molecule has 0 aliphatic rings. The van der Waals surface area contributed by atoms with E-state index < -0.39 is 0 Å². The molecule has 0 radical (unpaired) electrons. The summed E-state index contributed by atoms with van der Waals surface area (Å²) in [6.45, 7) is 1.71. The van der Waals surface area contributed by atoms with Crippen LogP contribution in [0.5, 0.6) is 0 Å². The van der Waals surface area contributed by atoms with E-state index in [0.717, 1.165) is 0 Å². The molecule has 0 aromatic heterocycles. The number of nitrogen functional groups attached to an aromatic ring is 1. The normalized spacial score (nSPS) is 10.2. The van der Waals surface area contributed by atoms with E-state index >= 15 is 0 Å². The summed E-state index contributed by atoms with van der Waals surface area (Å²) in [7, 11) is 0. The standard InChI is InChI=1S/C14H12FNO/c1-9-7-11(15)5-6-13(9)14(17)10-3-2-4-12(16)8-10/h2-8H,16H2,1H3. The molecule has 0 aliphatic carbocycles. The Labute approximate surface area is 98.9 Å². The maximum atomic E-state index is 12.9. The molecule has 2 aromatic carbocycles. The zero-order valence-corrected chi connectivity index (χ0v) is 9.41. The number of carbonyl (C=O) groups is 1. The minimum atomic E-state index is -0.341. The summed E-state index contributed by atoms with van der Waals surface area (Å²) >= 11 is 0. The van der Waals surface area contributed by atoms with Gasteiger partial charge in [0.2, 0.25) is 0 Å². The lowest BCUT2D eigenvalue weighted by Crippen LogP contribution is -2.04. The van der Waals surface area contributed by atoms with Gasteiger partial charge in [0.05, 0.1) is 0 Å². The van der Waals surface area contributed by atoms with E-state index in [4.69, 9.17) is 5.73 Å². The Morgan fingerprint density at radius 3 is 2.59 bits per heavy atom. The molecule has 3 heteroatoms. The van der Waals surface area contributed by atoms with Crippen LogP contribution in [-0.2, 0) is 0 Å². The van der Waals surface area contributed by atoms with Crippen LogP contribution < -0.4 is 5.73 Å². The molecule has 2 aromatic rings. The number of hydrogen-bond donors (Lipinski definition) is 1. The van der Waals surface area contributed by atoms with Gasteiger partial charge in [-0.3, -0.25) is 4.79 Å². The molecule has 2 rings (SSSR count). The number of carbonyl (C=O) groups excluding carboxylic acids is 1. The Kier molecular flexibility index (Phi) is 2.91. The Hall–Kier alpha value is -2.16. The molecule has 2 N–H and O–H groups in total. The molecular formula is C14H12FNO. The van der Waals surface area contributed by atoms with Crippen molar-refractivity contribution in [2.45, 2.75) is 6.92 Å². The molecule has 2 nitrogen and oxygen atoms in total. The largest absolute Gasteiger partial charge is 0.399 e. The molecule has 0 fully saturated rings. The van der Waals surface area contributed by atoms with Gasteiger partial charge >= 0.3 is 0 Å². The van der Waals surface area contributed by atoms with Gasteiger partial charge in [-0.15, -0.1) is 0 Å². The van der Waals surface area contributed by atoms with Crippen molar-refractivity contribution in [2.75, 3.05) is 5.73 Å². The van der Waals surface area contributed by atoms with E-state index in [1.807, 2.05) is 0 Å². The molecule has 0 aliphatic heterocycles. The first-order valence-electron chi connectivity index (χ1n) is 5.24. The summed E-state index contributed by atoms with van der Waals surface area (Å²) in [5.74, 6) is -0.485. The first-order chi connectivity index (χ1) is 8.08. The van der Waals surface area contributed by atoms with Crippen LogP contribution >= 0.6 is 0 Å². The Morgan fingerprint density at radius 1 is 1.18 bits per heavy atom. The summed E-state index contributed by atoms with van der Waals surface area (Å²) < 4.78 is 12.9.